The van der Waals surface area contributed by atoms with E-state index in [1.807, 2.05) is 43.3 Å². The molecule has 0 spiro atoms. The van der Waals surface area contributed by atoms with Gasteiger partial charge >= 0.3 is 0 Å². The molecule has 0 bridgehead atoms. The number of carbonyl (C=O) groups excluding carboxylic acids is 4. The first-order valence-electron chi connectivity index (χ1n) is 12.7. The van der Waals surface area contributed by atoms with Crippen molar-refractivity contribution in [3.8, 4) is 0 Å². The van der Waals surface area contributed by atoms with Gasteiger partial charge in [-0.05, 0) is 48.0 Å². The van der Waals surface area contributed by atoms with Gasteiger partial charge in [0, 0.05) is 82.4 Å². The second kappa shape index (κ2) is 13.0. The molecule has 210 valence electrons. The molecule has 0 atom stereocenters. The number of nitrogens with zero attached hydrogens (tertiary/aromatic N) is 4. The minimum Gasteiger partial charge on any atom is -0.378 e. The molecule has 0 saturated carbocycles. The van der Waals surface area contributed by atoms with Crippen LogP contribution in [0.3, 0.4) is 0 Å². The van der Waals surface area contributed by atoms with Gasteiger partial charge in [-0.1, -0.05) is 11.3 Å². The Hall–Kier alpha value is -3.90. The lowest BCUT2D eigenvalue weighted by Gasteiger charge is -2.34. The van der Waals surface area contributed by atoms with Gasteiger partial charge in [0.25, 0.3) is 11.8 Å². The highest BCUT2D eigenvalue weighted by atomic mass is 32.2. The van der Waals surface area contributed by atoms with Gasteiger partial charge in [-0.25, -0.2) is 4.98 Å². The van der Waals surface area contributed by atoms with E-state index in [0.29, 0.717) is 53.9 Å². The first-order valence-corrected chi connectivity index (χ1v) is 14.5. The summed E-state index contributed by atoms with van der Waals surface area (Å²) in [5.41, 5.74) is 3.45. The van der Waals surface area contributed by atoms with Crippen LogP contribution in [0.2, 0.25) is 0 Å². The summed E-state index contributed by atoms with van der Waals surface area (Å²) in [5.74, 6) is -0.0523. The summed E-state index contributed by atoms with van der Waals surface area (Å²) in [7, 11) is 3.88. The van der Waals surface area contributed by atoms with Gasteiger partial charge in [-0.3, -0.25) is 24.5 Å². The quantitative estimate of drug-likeness (QED) is 0.387. The topological polar surface area (TPSA) is 115 Å². The fraction of sp³-hybridized carbons (Fsp3) is 0.321. The highest BCUT2D eigenvalue weighted by Gasteiger charge is 2.24. The van der Waals surface area contributed by atoms with E-state index < -0.39 is 0 Å². The third-order valence-corrected chi connectivity index (χ3v) is 8.48. The molecular weight excluding hydrogens is 548 g/mol. The zero-order valence-corrected chi connectivity index (χ0v) is 24.5. The van der Waals surface area contributed by atoms with Crippen molar-refractivity contribution in [1.29, 1.82) is 0 Å². The summed E-state index contributed by atoms with van der Waals surface area (Å²) in [6, 6.07) is 12.7. The Labute approximate surface area is 241 Å². The van der Waals surface area contributed by atoms with Crippen LogP contribution in [-0.2, 0) is 15.3 Å². The summed E-state index contributed by atoms with van der Waals surface area (Å²) in [5, 5.41) is 6.13. The van der Waals surface area contributed by atoms with E-state index in [4.69, 9.17) is 0 Å². The van der Waals surface area contributed by atoms with Crippen LogP contribution in [0.1, 0.15) is 40.1 Å². The van der Waals surface area contributed by atoms with Gasteiger partial charge in [0.05, 0.1) is 10.4 Å². The Morgan fingerprint density at radius 1 is 0.925 bits per heavy atom. The number of hydrogen-bond acceptors (Lipinski definition) is 8. The number of benzene rings is 2. The normalized spacial score (nSPS) is 13.1. The van der Waals surface area contributed by atoms with Crippen LogP contribution in [0.4, 0.5) is 16.5 Å². The van der Waals surface area contributed by atoms with Crippen LogP contribution < -0.4 is 15.5 Å². The number of hydrogen-bond donors (Lipinski definition) is 2. The average molecular weight is 581 g/mol. The highest BCUT2D eigenvalue weighted by molar-refractivity contribution is 8.00. The van der Waals surface area contributed by atoms with Crippen molar-refractivity contribution in [2.45, 2.75) is 23.8 Å². The van der Waals surface area contributed by atoms with Crippen LogP contribution in [0.5, 0.6) is 0 Å². The Bertz CT molecular complexity index is 1400. The highest BCUT2D eigenvalue weighted by Crippen LogP contribution is 2.32. The fourth-order valence-corrected chi connectivity index (χ4v) is 6.00. The maximum atomic E-state index is 13.3. The molecule has 4 rings (SSSR count). The maximum absolute atomic E-state index is 13.3. The van der Waals surface area contributed by atoms with E-state index in [-0.39, 0.29) is 23.6 Å². The van der Waals surface area contributed by atoms with E-state index in [1.54, 1.807) is 34.2 Å². The first-order chi connectivity index (χ1) is 19.1. The molecule has 2 aromatic carbocycles. The van der Waals surface area contributed by atoms with Gasteiger partial charge in [0.1, 0.15) is 0 Å². The van der Waals surface area contributed by atoms with Gasteiger partial charge < -0.3 is 20.0 Å². The summed E-state index contributed by atoms with van der Waals surface area (Å²) >= 11 is 2.90. The van der Waals surface area contributed by atoms with Gasteiger partial charge in [0.15, 0.2) is 5.13 Å². The molecule has 1 aliphatic heterocycles. The van der Waals surface area contributed by atoms with Crippen LogP contribution in [0.25, 0.3) is 0 Å². The summed E-state index contributed by atoms with van der Waals surface area (Å²) in [6.45, 7) is 4.88. The van der Waals surface area contributed by atoms with Crippen molar-refractivity contribution < 1.29 is 19.2 Å². The van der Waals surface area contributed by atoms with Crippen molar-refractivity contribution in [2.75, 3.05) is 55.8 Å². The first kappa shape index (κ1) is 29.1. The molecule has 12 heteroatoms. The van der Waals surface area contributed by atoms with Gasteiger partial charge in [-0.15, -0.1) is 11.8 Å². The summed E-state index contributed by atoms with van der Waals surface area (Å²) in [6.07, 6.45) is 1.71. The number of thiazole rings is 1. The van der Waals surface area contributed by atoms with Crippen LogP contribution >= 0.6 is 23.1 Å². The molecule has 1 aromatic heterocycles. The molecule has 0 aliphatic carbocycles. The zero-order chi connectivity index (χ0) is 28.8. The third-order valence-electron chi connectivity index (χ3n) is 6.30. The Balaban J connectivity index is 1.41. The Kier molecular flexibility index (Phi) is 9.43. The number of carbonyl (C=O) groups is 4. The predicted octanol–water partition coefficient (Wildman–Crippen LogP) is 4.02. The standard InChI is InChI=1S/C28H32N6O4S2/c1-18(35)30-23-14-20(13-22(15-23)27(38)34-11-9-33(10-12-34)19(2)36)17-39-25-16-29-28(40-25)31-26(37)21-5-7-24(8-6-21)32(3)4/h5-8,13-16H,9-12,17H2,1-4H3,(H,30,35)(H,29,31,37). The number of thioether (sulfide) groups is 1. The lowest BCUT2D eigenvalue weighted by Crippen LogP contribution is -2.50. The number of amides is 4. The molecule has 0 unspecified atom stereocenters. The minimum absolute atomic E-state index is 0.00326. The SMILES string of the molecule is CC(=O)Nc1cc(CSc2cnc(NC(=O)c3ccc(N(C)C)cc3)s2)cc(C(=O)N2CCN(C(C)=O)CC2)c1. The van der Waals surface area contributed by atoms with Gasteiger partial charge in [0.2, 0.25) is 11.8 Å². The Morgan fingerprint density at radius 2 is 1.60 bits per heavy atom. The van der Waals surface area contributed by atoms with E-state index >= 15 is 0 Å². The van der Waals surface area contributed by atoms with Crippen LogP contribution in [0, 0.1) is 0 Å². The molecule has 2 heterocycles. The van der Waals surface area contributed by atoms with Crippen molar-refractivity contribution in [2.24, 2.45) is 0 Å². The number of anilines is 3. The minimum atomic E-state index is -0.230. The third kappa shape index (κ3) is 7.60. The lowest BCUT2D eigenvalue weighted by atomic mass is 10.1. The van der Waals surface area contributed by atoms with Crippen molar-refractivity contribution >= 4 is 63.2 Å². The molecule has 40 heavy (non-hydrogen) atoms. The van der Waals surface area contributed by atoms with Gasteiger partial charge in [-0.2, -0.15) is 0 Å². The van der Waals surface area contributed by atoms with Crippen molar-refractivity contribution in [3.63, 3.8) is 0 Å². The van der Waals surface area contributed by atoms with E-state index in [9.17, 15) is 19.2 Å². The predicted molar refractivity (Wildman–Crippen MR) is 159 cm³/mol. The molecule has 1 aliphatic rings. The summed E-state index contributed by atoms with van der Waals surface area (Å²) in [4.78, 5) is 59.0. The molecule has 3 aromatic rings. The molecular formula is C28H32N6O4S2. The lowest BCUT2D eigenvalue weighted by molar-refractivity contribution is -0.130. The zero-order valence-electron chi connectivity index (χ0n) is 22.9. The molecule has 10 nitrogen and oxygen atoms in total. The molecule has 0 radical (unpaired) electrons. The smallest absolute Gasteiger partial charge is 0.257 e. The second-order valence-corrected chi connectivity index (χ2v) is 11.9. The van der Waals surface area contributed by atoms with Crippen LogP contribution in [-0.4, -0.2) is 78.7 Å². The second-order valence-electron chi connectivity index (χ2n) is 9.57. The molecule has 4 amide bonds. The van der Waals surface area contributed by atoms with E-state index in [2.05, 4.69) is 15.6 Å². The average Bonchev–Trinajstić information content (AvgIpc) is 3.38. The number of aromatic nitrogens is 1. The molecule has 1 fully saturated rings. The Morgan fingerprint density at radius 3 is 2.23 bits per heavy atom. The maximum Gasteiger partial charge on any atom is 0.257 e. The van der Waals surface area contributed by atoms with E-state index in [0.717, 1.165) is 15.5 Å². The molecule has 1 saturated heterocycles. The van der Waals surface area contributed by atoms with Crippen LogP contribution in [0.15, 0.2) is 52.9 Å². The van der Waals surface area contributed by atoms with E-state index in [1.165, 1.54) is 36.9 Å². The number of nitrogens with one attached hydrogen (secondary N) is 2. The largest absolute Gasteiger partial charge is 0.378 e. The van der Waals surface area contributed by atoms with Crippen molar-refractivity contribution in [3.05, 3.63) is 65.4 Å². The molecule has 2 N–H and O–H groups in total. The summed E-state index contributed by atoms with van der Waals surface area (Å²) < 4.78 is 0.899. The fourth-order valence-electron chi connectivity index (χ4n) is 4.20. The number of rotatable bonds is 8. The monoisotopic (exact) mass is 580 g/mol. The number of piperazine rings is 1. The van der Waals surface area contributed by atoms with Crippen molar-refractivity contribution in [1.82, 2.24) is 14.8 Å².